The minimum atomic E-state index is -0.204. The molecule has 8 heteroatoms. The molecule has 2 aromatic rings. The van der Waals surface area contributed by atoms with Crippen LogP contribution in [0.2, 0.25) is 5.02 Å². The molecule has 1 aliphatic heterocycles. The number of piperidine rings is 1. The number of rotatable bonds is 5. The first-order valence-corrected chi connectivity index (χ1v) is 9.05. The van der Waals surface area contributed by atoms with Gasteiger partial charge in [-0.05, 0) is 25.0 Å². The third kappa shape index (κ3) is 4.05. The van der Waals surface area contributed by atoms with Gasteiger partial charge in [0.25, 0.3) is 5.91 Å². The first-order chi connectivity index (χ1) is 12.6. The first kappa shape index (κ1) is 18.4. The van der Waals surface area contributed by atoms with Gasteiger partial charge in [-0.1, -0.05) is 29.8 Å². The molecular weight excluding hydrogens is 354 g/mol. The number of H-pyrrole nitrogens is 1. The summed E-state index contributed by atoms with van der Waals surface area (Å²) in [6.45, 7) is 1.88. The molecule has 2 amide bonds. The number of carbonyl (C=O) groups excluding carboxylic acids is 2. The molecule has 1 fully saturated rings. The van der Waals surface area contributed by atoms with E-state index in [0.717, 1.165) is 18.4 Å². The molecule has 138 valence electrons. The summed E-state index contributed by atoms with van der Waals surface area (Å²) in [5.74, 6) is -0.411. The average Bonchev–Trinajstić information content (AvgIpc) is 3.16. The monoisotopic (exact) mass is 375 g/mol. The molecule has 1 saturated heterocycles. The van der Waals surface area contributed by atoms with Gasteiger partial charge in [-0.25, -0.2) is 0 Å². The van der Waals surface area contributed by atoms with Gasteiger partial charge in [0, 0.05) is 31.7 Å². The number of nitrogens with two attached hydrogens (primary N) is 1. The third-order valence-corrected chi connectivity index (χ3v) is 4.81. The lowest BCUT2D eigenvalue weighted by Crippen LogP contribution is -2.46. The fraction of sp³-hybridized carbons (Fsp3) is 0.389. The van der Waals surface area contributed by atoms with E-state index in [1.807, 2.05) is 18.2 Å². The summed E-state index contributed by atoms with van der Waals surface area (Å²) in [5, 5.41) is 10.4. The van der Waals surface area contributed by atoms with Crippen molar-refractivity contribution < 1.29 is 9.59 Å². The number of carbonyl (C=O) groups is 2. The van der Waals surface area contributed by atoms with E-state index in [-0.39, 0.29) is 17.7 Å². The number of aromatic nitrogens is 2. The number of hydrogen-bond donors (Lipinski definition) is 3. The zero-order chi connectivity index (χ0) is 18.5. The van der Waals surface area contributed by atoms with Crippen molar-refractivity contribution in [3.63, 3.8) is 0 Å². The van der Waals surface area contributed by atoms with Crippen molar-refractivity contribution in [3.8, 4) is 11.3 Å². The zero-order valence-corrected chi connectivity index (χ0v) is 15.1. The molecular formula is C18H22ClN5O2. The second kappa shape index (κ2) is 8.33. The molecule has 0 aliphatic carbocycles. The summed E-state index contributed by atoms with van der Waals surface area (Å²) in [4.78, 5) is 26.6. The molecule has 0 bridgehead atoms. The van der Waals surface area contributed by atoms with Crippen molar-refractivity contribution in [2.45, 2.75) is 12.8 Å². The topological polar surface area (TPSA) is 104 Å². The van der Waals surface area contributed by atoms with Crippen LogP contribution in [0.25, 0.3) is 11.3 Å². The average molecular weight is 376 g/mol. The Morgan fingerprint density at radius 3 is 2.96 bits per heavy atom. The predicted molar refractivity (Wildman–Crippen MR) is 99.7 cm³/mol. The molecule has 1 aromatic carbocycles. The molecule has 1 aromatic heterocycles. The normalized spacial score (nSPS) is 17.2. The van der Waals surface area contributed by atoms with Crippen LogP contribution < -0.4 is 11.1 Å². The van der Waals surface area contributed by atoms with Gasteiger partial charge < -0.3 is 16.0 Å². The standard InChI is InChI=1S/C18H22ClN5O2/c19-14-6-2-1-5-13(14)15-10-16(23-22-15)18(26)24-9-3-4-12(11-24)17(25)21-8-7-20/h1-2,5-6,10,12H,3-4,7-9,11,20H2,(H,21,25)(H,22,23). The molecule has 4 N–H and O–H groups in total. The number of halogens is 1. The fourth-order valence-corrected chi connectivity index (χ4v) is 3.36. The van der Waals surface area contributed by atoms with Gasteiger partial charge in [-0.15, -0.1) is 0 Å². The van der Waals surface area contributed by atoms with Gasteiger partial charge in [0.15, 0.2) is 0 Å². The van der Waals surface area contributed by atoms with Gasteiger partial charge in [-0.3, -0.25) is 14.7 Å². The minimum absolute atomic E-state index is 0.0469. The van der Waals surface area contributed by atoms with Crippen LogP contribution in [-0.4, -0.2) is 53.1 Å². The Kier molecular flexibility index (Phi) is 5.90. The van der Waals surface area contributed by atoms with Gasteiger partial charge >= 0.3 is 0 Å². The van der Waals surface area contributed by atoms with Crippen LogP contribution >= 0.6 is 11.6 Å². The van der Waals surface area contributed by atoms with Crippen LogP contribution in [0.5, 0.6) is 0 Å². The molecule has 1 atom stereocenters. The van der Waals surface area contributed by atoms with E-state index in [0.29, 0.717) is 42.6 Å². The Bertz CT molecular complexity index is 791. The lowest BCUT2D eigenvalue weighted by Gasteiger charge is -2.31. The smallest absolute Gasteiger partial charge is 0.271 e. The van der Waals surface area contributed by atoms with Crippen LogP contribution in [0, 0.1) is 5.92 Å². The number of amides is 2. The Balaban J connectivity index is 1.69. The quantitative estimate of drug-likeness (QED) is 0.739. The predicted octanol–water partition coefficient (Wildman–Crippen LogP) is 1.66. The van der Waals surface area contributed by atoms with E-state index in [1.54, 1.807) is 17.0 Å². The highest BCUT2D eigenvalue weighted by molar-refractivity contribution is 6.33. The molecule has 3 rings (SSSR count). The molecule has 1 aliphatic rings. The van der Waals surface area contributed by atoms with E-state index in [1.165, 1.54) is 0 Å². The maximum absolute atomic E-state index is 12.8. The molecule has 1 unspecified atom stereocenters. The summed E-state index contributed by atoms with van der Waals surface area (Å²) >= 11 is 6.19. The van der Waals surface area contributed by atoms with Crippen LogP contribution in [0.3, 0.4) is 0 Å². The highest BCUT2D eigenvalue weighted by atomic mass is 35.5. The molecule has 26 heavy (non-hydrogen) atoms. The number of likely N-dealkylation sites (tertiary alicyclic amines) is 1. The Morgan fingerprint density at radius 2 is 2.19 bits per heavy atom. The van der Waals surface area contributed by atoms with Gasteiger partial charge in [0.1, 0.15) is 5.69 Å². The largest absolute Gasteiger partial charge is 0.355 e. The lowest BCUT2D eigenvalue weighted by molar-refractivity contribution is -0.126. The number of aromatic amines is 1. The summed E-state index contributed by atoms with van der Waals surface area (Å²) in [5.41, 5.74) is 7.20. The van der Waals surface area contributed by atoms with Gasteiger partial charge in [0.2, 0.25) is 5.91 Å². The maximum atomic E-state index is 12.8. The summed E-state index contributed by atoms with van der Waals surface area (Å²) in [6, 6.07) is 9.04. The Hall–Kier alpha value is -2.38. The highest BCUT2D eigenvalue weighted by Gasteiger charge is 2.29. The van der Waals surface area contributed by atoms with Crippen molar-refractivity contribution in [2.24, 2.45) is 11.7 Å². The molecule has 0 radical (unpaired) electrons. The number of nitrogens with zero attached hydrogens (tertiary/aromatic N) is 2. The third-order valence-electron chi connectivity index (χ3n) is 4.48. The fourth-order valence-electron chi connectivity index (χ4n) is 3.12. The summed E-state index contributed by atoms with van der Waals surface area (Å²) in [6.07, 6.45) is 1.56. The van der Waals surface area contributed by atoms with Crippen LogP contribution in [0.1, 0.15) is 23.3 Å². The Labute approximate surface area is 156 Å². The maximum Gasteiger partial charge on any atom is 0.271 e. The van der Waals surface area contributed by atoms with Crippen molar-refractivity contribution in [2.75, 3.05) is 26.2 Å². The number of benzene rings is 1. The van der Waals surface area contributed by atoms with E-state index < -0.39 is 0 Å². The van der Waals surface area contributed by atoms with E-state index >= 15 is 0 Å². The molecule has 7 nitrogen and oxygen atoms in total. The second-order valence-electron chi connectivity index (χ2n) is 6.32. The lowest BCUT2D eigenvalue weighted by atomic mass is 9.97. The van der Waals surface area contributed by atoms with Gasteiger partial charge in [0.05, 0.1) is 16.6 Å². The highest BCUT2D eigenvalue weighted by Crippen LogP contribution is 2.27. The molecule has 2 heterocycles. The van der Waals surface area contributed by atoms with E-state index in [4.69, 9.17) is 17.3 Å². The van der Waals surface area contributed by atoms with Crippen molar-refractivity contribution in [3.05, 3.63) is 41.0 Å². The van der Waals surface area contributed by atoms with Crippen molar-refractivity contribution in [1.82, 2.24) is 20.4 Å². The summed E-state index contributed by atoms with van der Waals surface area (Å²) < 4.78 is 0. The van der Waals surface area contributed by atoms with Crippen LogP contribution in [-0.2, 0) is 4.79 Å². The van der Waals surface area contributed by atoms with E-state index in [2.05, 4.69) is 15.5 Å². The van der Waals surface area contributed by atoms with E-state index in [9.17, 15) is 9.59 Å². The Morgan fingerprint density at radius 1 is 1.38 bits per heavy atom. The molecule has 0 spiro atoms. The second-order valence-corrected chi connectivity index (χ2v) is 6.72. The minimum Gasteiger partial charge on any atom is -0.355 e. The number of nitrogens with one attached hydrogen (secondary N) is 2. The van der Waals surface area contributed by atoms with Gasteiger partial charge in [-0.2, -0.15) is 5.10 Å². The van der Waals surface area contributed by atoms with Crippen molar-refractivity contribution >= 4 is 23.4 Å². The van der Waals surface area contributed by atoms with Crippen LogP contribution in [0.15, 0.2) is 30.3 Å². The number of hydrogen-bond acceptors (Lipinski definition) is 4. The first-order valence-electron chi connectivity index (χ1n) is 8.67. The SMILES string of the molecule is NCCNC(=O)C1CCCN(C(=O)c2cc(-c3ccccc3Cl)n[nH]2)C1. The summed E-state index contributed by atoms with van der Waals surface area (Å²) in [7, 11) is 0. The van der Waals surface area contributed by atoms with Crippen LogP contribution in [0.4, 0.5) is 0 Å². The van der Waals surface area contributed by atoms with Crippen molar-refractivity contribution in [1.29, 1.82) is 0 Å². The molecule has 0 saturated carbocycles. The zero-order valence-electron chi connectivity index (χ0n) is 14.4.